The van der Waals surface area contributed by atoms with E-state index in [1.165, 1.54) is 23.5 Å². The molecule has 1 aromatic heterocycles. The number of nitrogens with one attached hydrogen (secondary N) is 1. The Morgan fingerprint density at radius 3 is 2.90 bits per heavy atom. The highest BCUT2D eigenvalue weighted by Crippen LogP contribution is 2.47. The molecule has 3 nitrogen and oxygen atoms in total. The lowest BCUT2D eigenvalue weighted by Gasteiger charge is -2.13. The summed E-state index contributed by atoms with van der Waals surface area (Å²) in [6.07, 6.45) is 2.86. The number of benzene rings is 1. The fourth-order valence-corrected chi connectivity index (χ4v) is 3.40. The maximum atomic E-state index is 13.1. The summed E-state index contributed by atoms with van der Waals surface area (Å²) in [6, 6.07) is 6.33. The Kier molecular flexibility index (Phi) is 3.48. The molecular weight excluding hydrogens is 277 g/mol. The zero-order valence-electron chi connectivity index (χ0n) is 11.0. The number of amides is 1. The van der Waals surface area contributed by atoms with Crippen LogP contribution in [0.2, 0.25) is 0 Å². The molecule has 1 fully saturated rings. The van der Waals surface area contributed by atoms with Gasteiger partial charge in [0.15, 0.2) is 0 Å². The molecule has 0 aliphatic heterocycles. The Hall–Kier alpha value is -1.46. The number of thiophene rings is 1. The third-order valence-corrected chi connectivity index (χ3v) is 5.03. The van der Waals surface area contributed by atoms with Crippen molar-refractivity contribution in [1.82, 2.24) is 5.32 Å². The molecule has 0 bridgehead atoms. The van der Waals surface area contributed by atoms with E-state index in [1.54, 1.807) is 12.1 Å². The van der Waals surface area contributed by atoms with Crippen LogP contribution in [0.5, 0.6) is 0 Å². The number of hydrogen-bond acceptors (Lipinski definition) is 3. The van der Waals surface area contributed by atoms with Crippen molar-refractivity contribution in [3.05, 3.63) is 35.0 Å². The van der Waals surface area contributed by atoms with Gasteiger partial charge in [-0.05, 0) is 48.3 Å². The van der Waals surface area contributed by atoms with Gasteiger partial charge in [0.2, 0.25) is 0 Å². The highest BCUT2D eigenvalue weighted by atomic mass is 32.1. The van der Waals surface area contributed by atoms with Gasteiger partial charge in [-0.25, -0.2) is 4.39 Å². The summed E-state index contributed by atoms with van der Waals surface area (Å²) in [5.41, 5.74) is 0.104. The number of carbonyl (C=O) groups excluding carboxylic acids is 1. The van der Waals surface area contributed by atoms with Gasteiger partial charge in [0, 0.05) is 17.9 Å². The minimum Gasteiger partial charge on any atom is -0.396 e. The Morgan fingerprint density at radius 2 is 2.20 bits per heavy atom. The molecule has 1 aliphatic rings. The first-order valence-electron chi connectivity index (χ1n) is 6.70. The van der Waals surface area contributed by atoms with E-state index in [-0.39, 0.29) is 23.7 Å². The van der Waals surface area contributed by atoms with Crippen LogP contribution < -0.4 is 5.32 Å². The van der Waals surface area contributed by atoms with E-state index >= 15 is 0 Å². The quantitative estimate of drug-likeness (QED) is 0.890. The van der Waals surface area contributed by atoms with Crippen LogP contribution in [-0.2, 0) is 0 Å². The summed E-state index contributed by atoms with van der Waals surface area (Å²) >= 11 is 1.30. The van der Waals surface area contributed by atoms with Gasteiger partial charge in [-0.15, -0.1) is 11.3 Å². The molecule has 0 atom stereocenters. The van der Waals surface area contributed by atoms with Crippen LogP contribution in [0.25, 0.3) is 10.1 Å². The summed E-state index contributed by atoms with van der Waals surface area (Å²) in [5.74, 6) is -0.401. The van der Waals surface area contributed by atoms with Crippen molar-refractivity contribution in [3.8, 4) is 0 Å². The maximum Gasteiger partial charge on any atom is 0.261 e. The number of aliphatic hydroxyl groups excluding tert-OH is 1. The third-order valence-electron chi connectivity index (χ3n) is 3.93. The molecule has 0 spiro atoms. The number of aliphatic hydroxyl groups is 1. The summed E-state index contributed by atoms with van der Waals surface area (Å²) in [4.78, 5) is 12.7. The number of carbonyl (C=O) groups is 1. The van der Waals surface area contributed by atoms with Crippen LogP contribution in [0.4, 0.5) is 4.39 Å². The minimum atomic E-state index is -0.286. The van der Waals surface area contributed by atoms with Crippen molar-refractivity contribution in [1.29, 1.82) is 0 Å². The van der Waals surface area contributed by atoms with E-state index in [4.69, 9.17) is 5.11 Å². The molecule has 5 heteroatoms. The lowest BCUT2D eigenvalue weighted by Crippen LogP contribution is -2.30. The van der Waals surface area contributed by atoms with Crippen LogP contribution in [-0.4, -0.2) is 24.2 Å². The van der Waals surface area contributed by atoms with Gasteiger partial charge in [0.1, 0.15) is 5.82 Å². The van der Waals surface area contributed by atoms with Crippen LogP contribution in [0, 0.1) is 11.2 Å². The molecule has 1 amide bonds. The summed E-state index contributed by atoms with van der Waals surface area (Å²) in [6.45, 7) is 0.771. The standard InChI is InChI=1S/C15H16FNO2S/c16-11-2-1-10-7-13(20-12(10)8-11)14(19)17-9-15(3-4-15)5-6-18/h1-2,7-8,18H,3-6,9H2,(H,17,19). The average Bonchev–Trinajstić information content (AvgIpc) is 3.06. The van der Waals surface area contributed by atoms with Crippen molar-refractivity contribution in [2.75, 3.05) is 13.2 Å². The number of fused-ring (bicyclic) bond motifs is 1. The third kappa shape index (κ3) is 2.69. The lowest BCUT2D eigenvalue weighted by molar-refractivity contribution is 0.0945. The van der Waals surface area contributed by atoms with Gasteiger partial charge in [-0.3, -0.25) is 4.79 Å². The maximum absolute atomic E-state index is 13.1. The molecule has 0 saturated heterocycles. The van der Waals surface area contributed by atoms with Crippen molar-refractivity contribution in [3.63, 3.8) is 0 Å². The Bertz CT molecular complexity index is 648. The summed E-state index contributed by atoms with van der Waals surface area (Å²) < 4.78 is 13.9. The van der Waals surface area contributed by atoms with Gasteiger partial charge in [0.25, 0.3) is 5.91 Å². The first-order chi connectivity index (χ1) is 9.62. The highest BCUT2D eigenvalue weighted by Gasteiger charge is 2.41. The largest absolute Gasteiger partial charge is 0.396 e. The van der Waals surface area contributed by atoms with Crippen molar-refractivity contribution < 1.29 is 14.3 Å². The molecule has 1 saturated carbocycles. The number of hydrogen-bond donors (Lipinski definition) is 2. The van der Waals surface area contributed by atoms with E-state index in [0.29, 0.717) is 11.4 Å². The second-order valence-electron chi connectivity index (χ2n) is 5.45. The smallest absolute Gasteiger partial charge is 0.261 e. The second kappa shape index (κ2) is 5.14. The molecule has 1 aliphatic carbocycles. The van der Waals surface area contributed by atoms with E-state index < -0.39 is 0 Å². The Labute approximate surface area is 120 Å². The summed E-state index contributed by atoms with van der Waals surface area (Å²) in [7, 11) is 0. The monoisotopic (exact) mass is 293 g/mol. The molecule has 106 valence electrons. The van der Waals surface area contributed by atoms with Gasteiger partial charge >= 0.3 is 0 Å². The highest BCUT2D eigenvalue weighted by molar-refractivity contribution is 7.20. The first kappa shape index (κ1) is 13.5. The van der Waals surface area contributed by atoms with E-state index in [2.05, 4.69) is 5.32 Å². The van der Waals surface area contributed by atoms with Crippen LogP contribution >= 0.6 is 11.3 Å². The molecule has 0 radical (unpaired) electrons. The van der Waals surface area contributed by atoms with Crippen LogP contribution in [0.1, 0.15) is 28.9 Å². The normalized spacial score (nSPS) is 16.3. The van der Waals surface area contributed by atoms with Gasteiger partial charge in [-0.2, -0.15) is 0 Å². The molecule has 2 aromatic rings. The molecule has 3 rings (SSSR count). The average molecular weight is 293 g/mol. The predicted molar refractivity (Wildman–Crippen MR) is 77.5 cm³/mol. The lowest BCUT2D eigenvalue weighted by atomic mass is 10.0. The van der Waals surface area contributed by atoms with E-state index in [9.17, 15) is 9.18 Å². The molecule has 20 heavy (non-hydrogen) atoms. The van der Waals surface area contributed by atoms with Crippen LogP contribution in [0.15, 0.2) is 24.3 Å². The van der Waals surface area contributed by atoms with Crippen molar-refractivity contribution in [2.45, 2.75) is 19.3 Å². The number of rotatable bonds is 5. The second-order valence-corrected chi connectivity index (χ2v) is 6.53. The number of halogens is 1. The Balaban J connectivity index is 1.69. The van der Waals surface area contributed by atoms with Gasteiger partial charge < -0.3 is 10.4 Å². The molecule has 0 unspecified atom stereocenters. The van der Waals surface area contributed by atoms with Crippen molar-refractivity contribution in [2.24, 2.45) is 5.41 Å². The van der Waals surface area contributed by atoms with Gasteiger partial charge in [0.05, 0.1) is 4.88 Å². The fraction of sp³-hybridized carbons (Fsp3) is 0.400. The first-order valence-corrected chi connectivity index (χ1v) is 7.52. The molecule has 2 N–H and O–H groups in total. The van der Waals surface area contributed by atoms with Crippen molar-refractivity contribution >= 4 is 27.3 Å². The topological polar surface area (TPSA) is 49.3 Å². The Morgan fingerprint density at radius 1 is 1.40 bits per heavy atom. The van der Waals surface area contributed by atoms with Crippen LogP contribution in [0.3, 0.4) is 0 Å². The molecule has 1 heterocycles. The van der Waals surface area contributed by atoms with E-state index in [0.717, 1.165) is 29.3 Å². The SMILES string of the molecule is O=C(NCC1(CCO)CC1)c1cc2ccc(F)cc2s1. The fourth-order valence-electron chi connectivity index (χ4n) is 2.40. The van der Waals surface area contributed by atoms with Gasteiger partial charge in [-0.1, -0.05) is 6.07 Å². The minimum absolute atomic E-state index is 0.104. The molecular formula is C15H16FNO2S. The van der Waals surface area contributed by atoms with E-state index in [1.807, 2.05) is 0 Å². The zero-order valence-corrected chi connectivity index (χ0v) is 11.8. The summed E-state index contributed by atoms with van der Waals surface area (Å²) in [5, 5.41) is 12.8. The predicted octanol–water partition coefficient (Wildman–Crippen LogP) is 2.93. The molecule has 1 aromatic carbocycles. The zero-order chi connectivity index (χ0) is 14.2.